The second kappa shape index (κ2) is 7.81. The molecule has 0 aliphatic carbocycles. The van der Waals surface area contributed by atoms with Crippen LogP contribution in [0.15, 0.2) is 0 Å². The molecule has 0 N–H and O–H groups in total. The topological polar surface area (TPSA) is 20.3 Å². The van der Waals surface area contributed by atoms with Crippen molar-refractivity contribution in [1.82, 2.24) is 4.90 Å². The van der Waals surface area contributed by atoms with Gasteiger partial charge >= 0.3 is 0 Å². The van der Waals surface area contributed by atoms with Crippen molar-refractivity contribution in [2.24, 2.45) is 0 Å². The standard InChI is InChI=1S/C16H31NO/c1-4-6-8-9-13-16(3,12-7-5-2)17-14-10-11-15(17)18/h4-14H2,1-3H3. The summed E-state index contributed by atoms with van der Waals surface area (Å²) in [4.78, 5) is 14.2. The highest BCUT2D eigenvalue weighted by atomic mass is 16.2. The lowest BCUT2D eigenvalue weighted by Gasteiger charge is -2.39. The molecular weight excluding hydrogens is 222 g/mol. The Kier molecular flexibility index (Phi) is 6.73. The molecule has 1 rings (SSSR count). The smallest absolute Gasteiger partial charge is 0.223 e. The average molecular weight is 253 g/mol. The van der Waals surface area contributed by atoms with Crippen molar-refractivity contribution in [1.29, 1.82) is 0 Å². The van der Waals surface area contributed by atoms with Crippen molar-refractivity contribution in [3.8, 4) is 0 Å². The van der Waals surface area contributed by atoms with Crippen LogP contribution < -0.4 is 0 Å². The van der Waals surface area contributed by atoms with Crippen molar-refractivity contribution >= 4 is 5.91 Å². The number of amides is 1. The second-order valence-electron chi connectivity index (χ2n) is 6.06. The largest absolute Gasteiger partial charge is 0.337 e. The minimum absolute atomic E-state index is 0.136. The molecule has 0 aromatic carbocycles. The Hall–Kier alpha value is -0.530. The van der Waals surface area contributed by atoms with Crippen LogP contribution in [0.25, 0.3) is 0 Å². The van der Waals surface area contributed by atoms with E-state index in [0.29, 0.717) is 5.91 Å². The SMILES string of the molecule is CCCCCCC(C)(CCCC)N1CCCC1=O. The molecule has 2 nitrogen and oxygen atoms in total. The Morgan fingerprint density at radius 2 is 1.72 bits per heavy atom. The summed E-state index contributed by atoms with van der Waals surface area (Å²) in [5.41, 5.74) is 0.136. The van der Waals surface area contributed by atoms with Crippen LogP contribution >= 0.6 is 0 Å². The zero-order valence-corrected chi connectivity index (χ0v) is 12.6. The summed E-state index contributed by atoms with van der Waals surface area (Å²) in [5, 5.41) is 0. The third-order valence-electron chi connectivity index (χ3n) is 4.36. The van der Waals surface area contributed by atoms with Crippen LogP contribution in [-0.4, -0.2) is 22.9 Å². The van der Waals surface area contributed by atoms with Crippen LogP contribution in [0.4, 0.5) is 0 Å². The normalized spacial score (nSPS) is 19.3. The highest BCUT2D eigenvalue weighted by molar-refractivity contribution is 5.78. The molecule has 0 bridgehead atoms. The molecule has 1 amide bonds. The molecule has 106 valence electrons. The molecule has 0 aromatic heterocycles. The van der Waals surface area contributed by atoms with Crippen molar-refractivity contribution < 1.29 is 4.79 Å². The van der Waals surface area contributed by atoms with Gasteiger partial charge in [-0.25, -0.2) is 0 Å². The summed E-state index contributed by atoms with van der Waals surface area (Å²) >= 11 is 0. The number of nitrogens with zero attached hydrogens (tertiary/aromatic N) is 1. The number of carbonyl (C=O) groups is 1. The molecule has 1 saturated heterocycles. The van der Waals surface area contributed by atoms with Crippen LogP contribution in [0, 0.1) is 0 Å². The quantitative estimate of drug-likeness (QED) is 0.553. The van der Waals surface area contributed by atoms with E-state index in [-0.39, 0.29) is 5.54 Å². The van der Waals surface area contributed by atoms with E-state index in [1.54, 1.807) is 0 Å². The lowest BCUT2D eigenvalue weighted by atomic mass is 9.87. The van der Waals surface area contributed by atoms with Crippen LogP contribution in [0.2, 0.25) is 0 Å². The fourth-order valence-electron chi connectivity index (χ4n) is 3.10. The Bertz CT molecular complexity index is 251. The third-order valence-corrected chi connectivity index (χ3v) is 4.36. The van der Waals surface area contributed by atoms with Crippen molar-refractivity contribution in [2.45, 2.75) is 90.5 Å². The highest BCUT2D eigenvalue weighted by Crippen LogP contribution is 2.32. The van der Waals surface area contributed by atoms with Crippen LogP contribution in [0.5, 0.6) is 0 Å². The van der Waals surface area contributed by atoms with E-state index in [1.165, 1.54) is 51.4 Å². The van der Waals surface area contributed by atoms with Crippen LogP contribution in [0.1, 0.15) is 85.0 Å². The van der Waals surface area contributed by atoms with Crippen molar-refractivity contribution in [3.05, 3.63) is 0 Å². The van der Waals surface area contributed by atoms with E-state index in [1.807, 2.05) is 0 Å². The van der Waals surface area contributed by atoms with Gasteiger partial charge in [-0.3, -0.25) is 4.79 Å². The van der Waals surface area contributed by atoms with Gasteiger partial charge < -0.3 is 4.90 Å². The van der Waals surface area contributed by atoms with Crippen molar-refractivity contribution in [2.75, 3.05) is 6.54 Å². The predicted octanol–water partition coefficient (Wildman–Crippen LogP) is 4.53. The summed E-state index contributed by atoms with van der Waals surface area (Å²) in [6.45, 7) is 7.80. The van der Waals surface area contributed by atoms with E-state index in [4.69, 9.17) is 0 Å². The summed E-state index contributed by atoms with van der Waals surface area (Å²) in [6.07, 6.45) is 11.9. The average Bonchev–Trinajstić information content (AvgIpc) is 2.79. The first kappa shape index (κ1) is 15.5. The minimum Gasteiger partial charge on any atom is -0.337 e. The zero-order chi connectivity index (χ0) is 13.4. The lowest BCUT2D eigenvalue weighted by Crippen LogP contribution is -2.47. The molecule has 0 radical (unpaired) electrons. The lowest BCUT2D eigenvalue weighted by molar-refractivity contribution is -0.133. The van der Waals surface area contributed by atoms with Gasteiger partial charge in [-0.2, -0.15) is 0 Å². The van der Waals surface area contributed by atoms with Gasteiger partial charge in [0, 0.05) is 18.5 Å². The fourth-order valence-corrected chi connectivity index (χ4v) is 3.10. The Balaban J connectivity index is 2.53. The zero-order valence-electron chi connectivity index (χ0n) is 12.6. The molecular formula is C16H31NO. The summed E-state index contributed by atoms with van der Waals surface area (Å²) in [5.74, 6) is 0.393. The van der Waals surface area contributed by atoms with Gasteiger partial charge in [0.15, 0.2) is 0 Å². The Morgan fingerprint density at radius 3 is 2.28 bits per heavy atom. The maximum atomic E-state index is 12.0. The maximum absolute atomic E-state index is 12.0. The number of likely N-dealkylation sites (tertiary alicyclic amines) is 1. The van der Waals surface area contributed by atoms with Crippen molar-refractivity contribution in [3.63, 3.8) is 0 Å². The number of unbranched alkanes of at least 4 members (excludes halogenated alkanes) is 4. The number of carbonyl (C=O) groups excluding carboxylic acids is 1. The summed E-state index contributed by atoms with van der Waals surface area (Å²) in [7, 11) is 0. The fraction of sp³-hybridized carbons (Fsp3) is 0.938. The van der Waals surface area contributed by atoms with E-state index in [0.717, 1.165) is 19.4 Å². The summed E-state index contributed by atoms with van der Waals surface area (Å²) < 4.78 is 0. The molecule has 2 heteroatoms. The van der Waals surface area contributed by atoms with Gasteiger partial charge in [-0.05, 0) is 26.2 Å². The molecule has 0 aromatic rings. The first-order valence-electron chi connectivity index (χ1n) is 7.94. The first-order chi connectivity index (χ1) is 8.64. The molecule has 1 unspecified atom stereocenters. The molecule has 18 heavy (non-hydrogen) atoms. The molecule has 0 spiro atoms. The monoisotopic (exact) mass is 253 g/mol. The molecule has 1 fully saturated rings. The highest BCUT2D eigenvalue weighted by Gasteiger charge is 2.36. The first-order valence-corrected chi connectivity index (χ1v) is 7.94. The number of hydrogen-bond acceptors (Lipinski definition) is 1. The Labute approximate surface area is 113 Å². The Morgan fingerprint density at radius 1 is 1.06 bits per heavy atom. The van der Waals surface area contributed by atoms with E-state index in [2.05, 4.69) is 25.7 Å². The molecule has 1 aliphatic rings. The van der Waals surface area contributed by atoms with Crippen LogP contribution in [0.3, 0.4) is 0 Å². The number of rotatable bonds is 9. The molecule has 1 atom stereocenters. The van der Waals surface area contributed by atoms with Gasteiger partial charge in [-0.15, -0.1) is 0 Å². The van der Waals surface area contributed by atoms with E-state index < -0.39 is 0 Å². The van der Waals surface area contributed by atoms with Gasteiger partial charge in [0.1, 0.15) is 0 Å². The minimum atomic E-state index is 0.136. The van der Waals surface area contributed by atoms with Gasteiger partial charge in [0.25, 0.3) is 0 Å². The molecule has 1 aliphatic heterocycles. The number of hydrogen-bond donors (Lipinski definition) is 0. The van der Waals surface area contributed by atoms with Gasteiger partial charge in [0.2, 0.25) is 5.91 Å². The third kappa shape index (κ3) is 4.29. The predicted molar refractivity (Wildman–Crippen MR) is 77.6 cm³/mol. The molecule has 0 saturated carbocycles. The van der Waals surface area contributed by atoms with Gasteiger partial charge in [-0.1, -0.05) is 52.4 Å². The van der Waals surface area contributed by atoms with E-state index >= 15 is 0 Å². The second-order valence-corrected chi connectivity index (χ2v) is 6.06. The van der Waals surface area contributed by atoms with Gasteiger partial charge in [0.05, 0.1) is 0 Å². The van der Waals surface area contributed by atoms with Crippen LogP contribution in [-0.2, 0) is 4.79 Å². The maximum Gasteiger partial charge on any atom is 0.223 e. The molecule has 1 heterocycles. The van der Waals surface area contributed by atoms with E-state index in [9.17, 15) is 4.79 Å². The summed E-state index contributed by atoms with van der Waals surface area (Å²) in [6, 6.07) is 0.